The maximum atomic E-state index is 13.1. The van der Waals surface area contributed by atoms with Crippen molar-refractivity contribution in [3.05, 3.63) is 105 Å². The van der Waals surface area contributed by atoms with Crippen LogP contribution in [0.15, 0.2) is 71.7 Å². The summed E-state index contributed by atoms with van der Waals surface area (Å²) in [6.07, 6.45) is -2.78. The van der Waals surface area contributed by atoms with E-state index < -0.39 is 77.5 Å². The van der Waals surface area contributed by atoms with Crippen molar-refractivity contribution < 1.29 is 85.2 Å². The van der Waals surface area contributed by atoms with Gasteiger partial charge in [-0.25, -0.2) is 28.1 Å². The molecule has 7 atom stereocenters. The second-order valence-electron chi connectivity index (χ2n) is 12.4. The van der Waals surface area contributed by atoms with Gasteiger partial charge in [0.15, 0.2) is 5.60 Å². The Kier molecular flexibility index (Phi) is 11.7. The van der Waals surface area contributed by atoms with Crippen LogP contribution in [0.3, 0.4) is 0 Å². The van der Waals surface area contributed by atoms with E-state index in [1.807, 2.05) is 6.92 Å². The first-order chi connectivity index (χ1) is 27.2. The van der Waals surface area contributed by atoms with Gasteiger partial charge in [-0.3, -0.25) is 14.0 Å². The number of phosphoric ester groups is 2. The predicted octanol–water partition coefficient (Wildman–Crippen LogP) is 2.84. The number of aliphatic hydroxyl groups is 1. The van der Waals surface area contributed by atoms with Gasteiger partial charge in [-0.1, -0.05) is 13.0 Å². The zero-order valence-corrected chi connectivity index (χ0v) is 32.3. The number of aromatic hydroxyl groups is 1. The van der Waals surface area contributed by atoms with E-state index >= 15 is 0 Å². The molecule has 1 spiro atoms. The number of carbonyl (C=O) groups is 2. The fraction of sp³-hybridized carbons (Fsp3) is 0.250. The molecule has 1 fully saturated rings. The molecule has 0 amide bonds. The van der Waals surface area contributed by atoms with E-state index in [-0.39, 0.29) is 57.3 Å². The van der Waals surface area contributed by atoms with Gasteiger partial charge in [0.05, 0.1) is 23.8 Å². The number of anilines is 1. The standard InChI is InChI=1S/C30H26N3O19P3.C2H7N/c31-25-7-8-33(29(39)32-25)26-12-21(35)24(48-26)13-46-53(40,41)51-55(44,45)52-54(42,43)50-16-3-6-20-23(11-16)47-22-10-15(34)2-5-19(22)30(20)18-4-1-14(27(36)37)9-17(18)28(38)49-30;1-2-3/h1-11,21,24,26,34-35H,12-13H2,(H,36,37)(H,40,41)(H,42,43)(H,44,45)(H2,31,32,39);2-3H2,1H3/t21-,24+,26+,30?;/m0./s1. The highest BCUT2D eigenvalue weighted by molar-refractivity contribution is 7.67. The fourth-order valence-electron chi connectivity index (χ4n) is 6.18. The number of fused-ring (bicyclic) bond motifs is 6. The number of rotatable bonds is 11. The van der Waals surface area contributed by atoms with Crippen LogP contribution in [0.25, 0.3) is 0 Å². The summed E-state index contributed by atoms with van der Waals surface area (Å²) in [4.78, 5) is 70.9. The third kappa shape index (κ3) is 8.71. The van der Waals surface area contributed by atoms with Gasteiger partial charge in [0.1, 0.15) is 41.1 Å². The molecule has 3 aliphatic rings. The summed E-state index contributed by atoms with van der Waals surface area (Å²) >= 11 is 0. The van der Waals surface area contributed by atoms with Crippen molar-refractivity contribution in [1.82, 2.24) is 9.55 Å². The van der Waals surface area contributed by atoms with E-state index in [2.05, 4.69) is 18.1 Å². The number of carboxylic acid groups (broad SMARTS) is 1. The molecule has 3 aromatic carbocycles. The summed E-state index contributed by atoms with van der Waals surface area (Å²) in [5.74, 6) is -3.35. The zero-order valence-electron chi connectivity index (χ0n) is 29.6. The number of aromatic carboxylic acids is 1. The highest BCUT2D eigenvalue weighted by Crippen LogP contribution is 2.68. The minimum absolute atomic E-state index is 0.0507. The summed E-state index contributed by atoms with van der Waals surface area (Å²) in [7, 11) is -17.3. The highest BCUT2D eigenvalue weighted by Gasteiger charge is 2.54. The molecule has 1 aromatic heterocycles. The third-order valence-corrected chi connectivity index (χ3v) is 12.6. The van der Waals surface area contributed by atoms with Gasteiger partial charge in [0.2, 0.25) is 0 Å². The van der Waals surface area contributed by atoms with Crippen LogP contribution in [0.2, 0.25) is 0 Å². The molecule has 23 nitrogen and oxygen atoms in total. The molecular weight excluding hydrogens is 837 g/mol. The average molecular weight is 871 g/mol. The number of hydrogen-bond acceptors (Lipinski definition) is 18. The van der Waals surface area contributed by atoms with E-state index in [9.17, 15) is 58.1 Å². The Balaban J connectivity index is 0.00000183. The first-order valence-electron chi connectivity index (χ1n) is 16.6. The number of nitrogens with two attached hydrogens (primary N) is 2. The van der Waals surface area contributed by atoms with Crippen molar-refractivity contribution in [2.45, 2.75) is 37.4 Å². The Morgan fingerprint density at radius 1 is 0.948 bits per heavy atom. The number of phenolic OH excluding ortho intramolecular Hbond substituents is 1. The number of ether oxygens (including phenoxy) is 3. The summed E-state index contributed by atoms with van der Waals surface area (Å²) in [5, 5.41) is 29.9. The van der Waals surface area contributed by atoms with Crippen molar-refractivity contribution in [1.29, 1.82) is 0 Å². The Labute approximate surface area is 325 Å². The van der Waals surface area contributed by atoms with Crippen LogP contribution in [0.1, 0.15) is 57.0 Å². The number of carbonyl (C=O) groups excluding carboxylic acids is 1. The third-order valence-electron chi connectivity index (χ3n) is 8.41. The van der Waals surface area contributed by atoms with Gasteiger partial charge in [-0.05, 0) is 49.0 Å². The maximum absolute atomic E-state index is 13.1. The van der Waals surface area contributed by atoms with Crippen molar-refractivity contribution >= 4 is 41.2 Å². The predicted molar refractivity (Wildman–Crippen MR) is 194 cm³/mol. The van der Waals surface area contributed by atoms with Crippen LogP contribution in [-0.4, -0.2) is 76.8 Å². The molecule has 4 aromatic rings. The summed E-state index contributed by atoms with van der Waals surface area (Å²) in [5.41, 5.74) is 7.94. The number of hydrogen-bond donors (Lipinski definition) is 8. The van der Waals surface area contributed by atoms with Crippen LogP contribution in [0.5, 0.6) is 23.0 Å². The van der Waals surface area contributed by atoms with Gasteiger partial charge >= 0.3 is 41.1 Å². The quantitative estimate of drug-likeness (QED) is 0.0793. The Bertz CT molecular complexity index is 2500. The number of phosphoric acid groups is 3. The molecule has 10 N–H and O–H groups in total. The number of benzene rings is 3. The number of nitrogens with zero attached hydrogens (tertiary/aromatic N) is 2. The number of esters is 1. The van der Waals surface area contributed by atoms with Gasteiger partial charge in [0, 0.05) is 41.4 Å². The summed E-state index contributed by atoms with van der Waals surface area (Å²) < 4.78 is 74.1. The SMILES string of the molecule is CCN.Nc1ccn([C@H]2C[C@H](O)[C@@H](COP(=O)(O)OP(=O)(O)OP(=O)(O)Oc3ccc4c(c3)Oc3cc(O)ccc3C43OC(=O)c4cc(C(=O)O)ccc43)O2)c(=O)n1. The van der Waals surface area contributed by atoms with E-state index in [4.69, 9.17) is 30.2 Å². The molecule has 1 saturated heterocycles. The van der Waals surface area contributed by atoms with Crippen molar-refractivity contribution in [3.63, 3.8) is 0 Å². The van der Waals surface area contributed by atoms with E-state index in [1.54, 1.807) is 0 Å². The number of nitrogen functional groups attached to an aromatic ring is 1. The lowest BCUT2D eigenvalue weighted by Gasteiger charge is -2.36. The minimum Gasteiger partial charge on any atom is -0.508 e. The van der Waals surface area contributed by atoms with Crippen LogP contribution in [0.4, 0.5) is 5.82 Å². The van der Waals surface area contributed by atoms with Crippen molar-refractivity contribution in [2.75, 3.05) is 18.9 Å². The molecule has 0 aliphatic carbocycles. The maximum Gasteiger partial charge on any atom is 0.536 e. The average Bonchev–Trinajstić information content (AvgIpc) is 3.62. The van der Waals surface area contributed by atoms with Crippen LogP contribution in [0, 0.1) is 0 Å². The zero-order chi connectivity index (χ0) is 42.4. The Hall–Kier alpha value is -4.99. The van der Waals surface area contributed by atoms with Crippen LogP contribution < -0.4 is 26.4 Å². The number of phenols is 1. The van der Waals surface area contributed by atoms with Crippen molar-refractivity contribution in [2.24, 2.45) is 5.73 Å². The second-order valence-corrected chi connectivity index (χ2v) is 17.0. The molecule has 310 valence electrons. The molecule has 26 heteroatoms. The van der Waals surface area contributed by atoms with Crippen molar-refractivity contribution in [3.8, 4) is 23.0 Å². The molecule has 7 rings (SSSR count). The highest BCUT2D eigenvalue weighted by atomic mass is 31.3. The van der Waals surface area contributed by atoms with E-state index in [0.717, 1.165) is 29.3 Å². The lowest BCUT2D eigenvalue weighted by Crippen LogP contribution is -2.33. The molecule has 0 saturated carbocycles. The van der Waals surface area contributed by atoms with Gasteiger partial charge < -0.3 is 55.3 Å². The summed E-state index contributed by atoms with van der Waals surface area (Å²) in [6.45, 7) is 1.72. The number of carboxylic acids is 1. The topological polar surface area (TPSA) is 358 Å². The molecule has 0 radical (unpaired) electrons. The van der Waals surface area contributed by atoms with Gasteiger partial charge in [0.25, 0.3) is 0 Å². The largest absolute Gasteiger partial charge is 0.536 e. The lowest BCUT2D eigenvalue weighted by molar-refractivity contribution is -0.0449. The molecular formula is C32H33N4O19P3. The Morgan fingerprint density at radius 2 is 1.59 bits per heavy atom. The van der Waals surface area contributed by atoms with Crippen LogP contribution >= 0.6 is 23.5 Å². The number of aliphatic hydroxyl groups excluding tert-OH is 1. The Morgan fingerprint density at radius 3 is 2.26 bits per heavy atom. The fourth-order valence-corrected chi connectivity index (χ4v) is 9.70. The normalized spacial score (nSPS) is 23.3. The van der Waals surface area contributed by atoms with Crippen LogP contribution in [-0.2, 0) is 41.9 Å². The first kappa shape index (κ1) is 42.6. The number of aromatic nitrogens is 2. The molecule has 0 bridgehead atoms. The van der Waals surface area contributed by atoms with Gasteiger partial charge in [-0.2, -0.15) is 13.6 Å². The second kappa shape index (κ2) is 16.0. The minimum atomic E-state index is -5.97. The molecule has 4 heterocycles. The molecule has 3 aliphatic heterocycles. The monoisotopic (exact) mass is 870 g/mol. The molecule has 4 unspecified atom stereocenters. The van der Waals surface area contributed by atoms with E-state index in [0.29, 0.717) is 0 Å². The van der Waals surface area contributed by atoms with Gasteiger partial charge in [-0.15, -0.1) is 0 Å². The first-order valence-corrected chi connectivity index (χ1v) is 21.1. The smallest absolute Gasteiger partial charge is 0.508 e. The summed E-state index contributed by atoms with van der Waals surface area (Å²) in [6, 6.07) is 12.2. The van der Waals surface area contributed by atoms with E-state index in [1.165, 1.54) is 48.7 Å². The molecule has 58 heavy (non-hydrogen) atoms. The lowest BCUT2D eigenvalue weighted by atomic mass is 9.77.